The predicted octanol–water partition coefficient (Wildman–Crippen LogP) is 3.67. The van der Waals surface area contributed by atoms with Gasteiger partial charge in [0, 0.05) is 12.1 Å². The average molecular weight is 370 g/mol. The molecule has 2 aromatic rings. The molecule has 0 aromatic heterocycles. The van der Waals surface area contributed by atoms with Gasteiger partial charge in [-0.2, -0.15) is 0 Å². The fraction of sp³-hybridized carbons (Fsp3) is 0.409. The summed E-state index contributed by atoms with van der Waals surface area (Å²) in [7, 11) is 1.63. The third kappa shape index (κ3) is 6.94. The summed E-state index contributed by atoms with van der Waals surface area (Å²) >= 11 is 0. The van der Waals surface area contributed by atoms with Crippen molar-refractivity contribution in [2.45, 2.75) is 52.4 Å². The highest BCUT2D eigenvalue weighted by Gasteiger charge is 2.18. The number of hydrogen-bond acceptors (Lipinski definition) is 4. The number of ether oxygens (including phenoxy) is 2. The van der Waals surface area contributed by atoms with E-state index in [-0.39, 0.29) is 17.5 Å². The Hall–Kier alpha value is -2.53. The Morgan fingerprint density at radius 3 is 2.37 bits per heavy atom. The molecule has 2 N–H and O–H groups in total. The Kier molecular flexibility index (Phi) is 7.25. The summed E-state index contributed by atoms with van der Waals surface area (Å²) in [5.74, 6) is 1.36. The van der Waals surface area contributed by atoms with Gasteiger partial charge in [0.1, 0.15) is 6.61 Å². The number of benzene rings is 2. The minimum atomic E-state index is -0.292. The van der Waals surface area contributed by atoms with Gasteiger partial charge in [0.25, 0.3) is 0 Å². The highest BCUT2D eigenvalue weighted by atomic mass is 16.5. The van der Waals surface area contributed by atoms with Crippen LogP contribution in [-0.2, 0) is 17.9 Å². The Balaban J connectivity index is 1.98. The third-order valence-corrected chi connectivity index (χ3v) is 3.97. The lowest BCUT2D eigenvalue weighted by Gasteiger charge is -2.23. The molecule has 5 heteroatoms. The first kappa shape index (κ1) is 20.8. The molecule has 2 rings (SSSR count). The average Bonchev–Trinajstić information content (AvgIpc) is 2.64. The minimum Gasteiger partial charge on any atom is -0.493 e. The lowest BCUT2D eigenvalue weighted by atomic mass is 10.1. The van der Waals surface area contributed by atoms with Crippen LogP contribution in [0.4, 0.5) is 0 Å². The molecule has 146 valence electrons. The highest BCUT2D eigenvalue weighted by Crippen LogP contribution is 2.29. The van der Waals surface area contributed by atoms with Crippen LogP contribution >= 0.6 is 0 Å². The van der Waals surface area contributed by atoms with E-state index in [4.69, 9.17) is 9.47 Å². The van der Waals surface area contributed by atoms with E-state index in [1.807, 2.05) is 76.2 Å². The summed E-state index contributed by atoms with van der Waals surface area (Å²) in [6.07, 6.45) is 0. The smallest absolute Gasteiger partial charge is 0.237 e. The maximum absolute atomic E-state index is 12.2. The van der Waals surface area contributed by atoms with Gasteiger partial charge in [-0.05, 0) is 51.0 Å². The zero-order valence-corrected chi connectivity index (χ0v) is 16.8. The Labute approximate surface area is 162 Å². The first-order chi connectivity index (χ1) is 12.8. The SMILES string of the molecule is COc1ccc(CNC(C)C(=O)NC(C)(C)C)cc1OCc1ccccc1. The predicted molar refractivity (Wildman–Crippen MR) is 108 cm³/mol. The Bertz CT molecular complexity index is 739. The number of carbonyl (C=O) groups is 1. The largest absolute Gasteiger partial charge is 0.493 e. The van der Waals surface area contributed by atoms with Gasteiger partial charge >= 0.3 is 0 Å². The molecular weight excluding hydrogens is 340 g/mol. The topological polar surface area (TPSA) is 59.6 Å². The van der Waals surface area contributed by atoms with E-state index in [0.29, 0.717) is 24.7 Å². The van der Waals surface area contributed by atoms with Crippen molar-refractivity contribution in [2.75, 3.05) is 7.11 Å². The maximum Gasteiger partial charge on any atom is 0.237 e. The van der Waals surface area contributed by atoms with Crippen molar-refractivity contribution in [3.05, 3.63) is 59.7 Å². The molecule has 0 heterocycles. The molecule has 0 aliphatic carbocycles. The summed E-state index contributed by atoms with van der Waals surface area (Å²) in [6, 6.07) is 15.5. The van der Waals surface area contributed by atoms with Gasteiger partial charge in [-0.15, -0.1) is 0 Å². The molecule has 0 spiro atoms. The van der Waals surface area contributed by atoms with Crippen LogP contribution in [0.5, 0.6) is 11.5 Å². The standard InChI is InChI=1S/C22H30N2O3/c1-16(21(25)24-22(2,3)4)23-14-18-11-12-19(26-5)20(13-18)27-15-17-9-7-6-8-10-17/h6-13,16,23H,14-15H2,1-5H3,(H,24,25). The van der Waals surface area contributed by atoms with Crippen molar-refractivity contribution in [1.29, 1.82) is 0 Å². The van der Waals surface area contributed by atoms with Crippen LogP contribution in [0, 0.1) is 0 Å². The summed E-state index contributed by atoms with van der Waals surface area (Å²) in [4.78, 5) is 12.2. The zero-order valence-electron chi connectivity index (χ0n) is 16.8. The van der Waals surface area contributed by atoms with Crippen molar-refractivity contribution >= 4 is 5.91 Å². The van der Waals surface area contributed by atoms with Crippen LogP contribution in [0.1, 0.15) is 38.8 Å². The fourth-order valence-electron chi connectivity index (χ4n) is 2.52. The third-order valence-electron chi connectivity index (χ3n) is 3.97. The zero-order chi connectivity index (χ0) is 19.9. The van der Waals surface area contributed by atoms with Gasteiger partial charge in [0.15, 0.2) is 11.5 Å². The normalized spacial score (nSPS) is 12.3. The second-order valence-corrected chi connectivity index (χ2v) is 7.60. The second kappa shape index (κ2) is 9.42. The summed E-state index contributed by atoms with van der Waals surface area (Å²) in [6.45, 7) is 8.80. The summed E-state index contributed by atoms with van der Waals surface area (Å²) in [5, 5.41) is 6.23. The van der Waals surface area contributed by atoms with Crippen LogP contribution < -0.4 is 20.1 Å². The van der Waals surface area contributed by atoms with Gasteiger partial charge in [0.05, 0.1) is 13.2 Å². The fourth-order valence-corrected chi connectivity index (χ4v) is 2.52. The molecule has 1 amide bonds. The Morgan fingerprint density at radius 1 is 1.04 bits per heavy atom. The summed E-state index contributed by atoms with van der Waals surface area (Å²) < 4.78 is 11.3. The number of rotatable bonds is 8. The second-order valence-electron chi connectivity index (χ2n) is 7.60. The van der Waals surface area contributed by atoms with Gasteiger partial charge in [0.2, 0.25) is 5.91 Å². The maximum atomic E-state index is 12.2. The van der Waals surface area contributed by atoms with Crippen molar-refractivity contribution in [2.24, 2.45) is 0 Å². The van der Waals surface area contributed by atoms with Crippen LogP contribution in [0.3, 0.4) is 0 Å². The van der Waals surface area contributed by atoms with Gasteiger partial charge in [-0.1, -0.05) is 36.4 Å². The number of carbonyl (C=O) groups excluding carboxylic acids is 1. The molecular formula is C22H30N2O3. The molecule has 0 bridgehead atoms. The molecule has 5 nitrogen and oxygen atoms in total. The molecule has 1 unspecified atom stereocenters. The lowest BCUT2D eigenvalue weighted by molar-refractivity contribution is -0.124. The van der Waals surface area contributed by atoms with E-state index in [9.17, 15) is 4.79 Å². The Morgan fingerprint density at radius 2 is 1.74 bits per heavy atom. The first-order valence-electron chi connectivity index (χ1n) is 9.17. The molecule has 0 aliphatic rings. The van der Waals surface area contributed by atoms with Crippen LogP contribution in [0.15, 0.2) is 48.5 Å². The van der Waals surface area contributed by atoms with E-state index < -0.39 is 0 Å². The van der Waals surface area contributed by atoms with Crippen molar-refractivity contribution < 1.29 is 14.3 Å². The number of nitrogens with one attached hydrogen (secondary N) is 2. The molecule has 0 aliphatic heterocycles. The van der Waals surface area contributed by atoms with E-state index in [1.54, 1.807) is 7.11 Å². The minimum absolute atomic E-state index is 0.0171. The van der Waals surface area contributed by atoms with Gasteiger partial charge in [-0.3, -0.25) is 4.79 Å². The number of hydrogen-bond donors (Lipinski definition) is 2. The van der Waals surface area contributed by atoms with Crippen LogP contribution in [-0.4, -0.2) is 24.6 Å². The van der Waals surface area contributed by atoms with Gasteiger partial charge in [-0.25, -0.2) is 0 Å². The van der Waals surface area contributed by atoms with E-state index in [0.717, 1.165) is 11.1 Å². The molecule has 27 heavy (non-hydrogen) atoms. The number of amides is 1. The molecule has 0 radical (unpaired) electrons. The van der Waals surface area contributed by atoms with Crippen LogP contribution in [0.25, 0.3) is 0 Å². The molecule has 0 fully saturated rings. The van der Waals surface area contributed by atoms with Crippen molar-refractivity contribution in [3.8, 4) is 11.5 Å². The number of methoxy groups -OCH3 is 1. The van der Waals surface area contributed by atoms with E-state index in [2.05, 4.69) is 10.6 Å². The van der Waals surface area contributed by atoms with E-state index >= 15 is 0 Å². The molecule has 0 saturated heterocycles. The van der Waals surface area contributed by atoms with Crippen molar-refractivity contribution in [1.82, 2.24) is 10.6 Å². The molecule has 1 atom stereocenters. The monoisotopic (exact) mass is 370 g/mol. The lowest BCUT2D eigenvalue weighted by Crippen LogP contribution is -2.49. The van der Waals surface area contributed by atoms with Crippen molar-refractivity contribution in [3.63, 3.8) is 0 Å². The van der Waals surface area contributed by atoms with Crippen LogP contribution in [0.2, 0.25) is 0 Å². The molecule has 0 saturated carbocycles. The first-order valence-corrected chi connectivity index (χ1v) is 9.17. The highest BCUT2D eigenvalue weighted by molar-refractivity contribution is 5.81. The molecule has 2 aromatic carbocycles. The van der Waals surface area contributed by atoms with E-state index in [1.165, 1.54) is 0 Å². The summed E-state index contributed by atoms with van der Waals surface area (Å²) in [5.41, 5.74) is 1.87. The quantitative estimate of drug-likeness (QED) is 0.744. The van der Waals surface area contributed by atoms with Gasteiger partial charge < -0.3 is 20.1 Å².